The zero-order valence-electron chi connectivity index (χ0n) is 14.5. The van der Waals surface area contributed by atoms with Gasteiger partial charge in [0.15, 0.2) is 0 Å². The first-order chi connectivity index (χ1) is 11.6. The average Bonchev–Trinajstić information content (AvgIpc) is 2.62. The van der Waals surface area contributed by atoms with Gasteiger partial charge in [-0.1, -0.05) is 0 Å². The third-order valence-electron chi connectivity index (χ3n) is 3.40. The van der Waals surface area contributed by atoms with Crippen LogP contribution in [0.2, 0.25) is 0 Å². The van der Waals surface area contributed by atoms with Crippen LogP contribution in [0.4, 0.5) is 11.4 Å². The molecule has 1 N–H and O–H groups in total. The van der Waals surface area contributed by atoms with E-state index in [9.17, 15) is 0 Å². The fourth-order valence-electron chi connectivity index (χ4n) is 2.18. The van der Waals surface area contributed by atoms with Crippen molar-refractivity contribution in [1.29, 1.82) is 0 Å². The number of hydrogen-bond acceptors (Lipinski definition) is 5. The second kappa shape index (κ2) is 8.10. The molecule has 0 aliphatic carbocycles. The highest BCUT2D eigenvalue weighted by Crippen LogP contribution is 2.32. The fraction of sp³-hybridized carbons (Fsp3) is 0.278. The van der Waals surface area contributed by atoms with Crippen LogP contribution in [0.5, 0.6) is 23.0 Å². The van der Waals surface area contributed by atoms with E-state index in [1.165, 1.54) is 0 Å². The molecule has 0 saturated carbocycles. The van der Waals surface area contributed by atoms with Gasteiger partial charge in [0.1, 0.15) is 34.5 Å². The summed E-state index contributed by atoms with van der Waals surface area (Å²) < 4.78 is 21.1. The minimum absolute atomic E-state index is 0.636. The lowest BCUT2D eigenvalue weighted by molar-refractivity contribution is 0.395. The van der Waals surface area contributed by atoms with Crippen molar-refractivity contribution >= 4 is 17.2 Å². The third kappa shape index (κ3) is 4.10. The first kappa shape index (κ1) is 17.5. The molecule has 2 rings (SSSR count). The van der Waals surface area contributed by atoms with Crippen molar-refractivity contribution in [3.8, 4) is 23.0 Å². The van der Waals surface area contributed by atoms with E-state index in [0.717, 1.165) is 11.4 Å². The number of benzene rings is 2. The number of anilines is 1. The molecule has 0 bridgehead atoms. The van der Waals surface area contributed by atoms with Gasteiger partial charge < -0.3 is 24.3 Å². The normalized spacial score (nSPS) is 11.0. The Morgan fingerprint density at radius 2 is 1.38 bits per heavy atom. The van der Waals surface area contributed by atoms with E-state index in [-0.39, 0.29) is 0 Å². The van der Waals surface area contributed by atoms with Crippen LogP contribution in [0.1, 0.15) is 6.92 Å². The van der Waals surface area contributed by atoms with Crippen molar-refractivity contribution in [2.24, 2.45) is 4.99 Å². The lowest BCUT2D eigenvalue weighted by Crippen LogP contribution is -2.08. The van der Waals surface area contributed by atoms with Crippen LogP contribution in [-0.4, -0.2) is 34.3 Å². The van der Waals surface area contributed by atoms with Gasteiger partial charge >= 0.3 is 0 Å². The molecule has 24 heavy (non-hydrogen) atoms. The molecule has 0 aliphatic rings. The van der Waals surface area contributed by atoms with Crippen LogP contribution in [0.15, 0.2) is 41.4 Å². The lowest BCUT2D eigenvalue weighted by atomic mass is 10.2. The molecule has 0 radical (unpaired) electrons. The number of rotatable bonds is 6. The number of ether oxygens (including phenoxy) is 4. The summed E-state index contributed by atoms with van der Waals surface area (Å²) in [5.74, 6) is 3.45. The van der Waals surface area contributed by atoms with Crippen LogP contribution in [0.3, 0.4) is 0 Å². The van der Waals surface area contributed by atoms with Gasteiger partial charge in [0.2, 0.25) is 0 Å². The van der Waals surface area contributed by atoms with Gasteiger partial charge in [-0.2, -0.15) is 0 Å². The maximum Gasteiger partial charge on any atom is 0.148 e. The maximum absolute atomic E-state index is 5.38. The number of methoxy groups -OCH3 is 4. The number of amidine groups is 1. The number of hydrogen-bond donors (Lipinski definition) is 1. The van der Waals surface area contributed by atoms with Gasteiger partial charge in [-0.15, -0.1) is 0 Å². The van der Waals surface area contributed by atoms with Crippen molar-refractivity contribution in [1.82, 2.24) is 0 Å². The van der Waals surface area contributed by atoms with Crippen LogP contribution in [-0.2, 0) is 0 Å². The number of nitrogens with zero attached hydrogens (tertiary/aromatic N) is 1. The summed E-state index contributed by atoms with van der Waals surface area (Å²) in [6.07, 6.45) is 0. The number of aliphatic imine (C=N–C) groups is 1. The van der Waals surface area contributed by atoms with Gasteiger partial charge in [-0.25, -0.2) is 4.99 Å². The molecular formula is C18H22N2O4. The van der Waals surface area contributed by atoms with E-state index < -0.39 is 0 Å². The zero-order valence-corrected chi connectivity index (χ0v) is 14.5. The highest BCUT2D eigenvalue weighted by molar-refractivity contribution is 5.96. The SMILES string of the molecule is COc1ccc(N=C(C)Nc2ccc(OC)cc2OC)c(OC)c1. The third-order valence-corrected chi connectivity index (χ3v) is 3.40. The zero-order chi connectivity index (χ0) is 17.5. The molecule has 0 saturated heterocycles. The van der Waals surface area contributed by atoms with E-state index >= 15 is 0 Å². The van der Waals surface area contributed by atoms with Crippen molar-refractivity contribution < 1.29 is 18.9 Å². The fourth-order valence-corrected chi connectivity index (χ4v) is 2.18. The topological polar surface area (TPSA) is 61.3 Å². The van der Waals surface area contributed by atoms with Gasteiger partial charge in [-0.05, 0) is 31.2 Å². The van der Waals surface area contributed by atoms with Crippen molar-refractivity contribution in [2.45, 2.75) is 6.92 Å². The lowest BCUT2D eigenvalue weighted by Gasteiger charge is -2.13. The summed E-state index contributed by atoms with van der Waals surface area (Å²) in [6, 6.07) is 11.0. The van der Waals surface area contributed by atoms with Crippen LogP contribution >= 0.6 is 0 Å². The highest BCUT2D eigenvalue weighted by Gasteiger charge is 2.08. The minimum Gasteiger partial charge on any atom is -0.497 e. The van der Waals surface area contributed by atoms with Gasteiger partial charge in [-0.3, -0.25) is 0 Å². The Morgan fingerprint density at radius 3 is 1.96 bits per heavy atom. The Hall–Kier alpha value is -2.89. The molecule has 0 aliphatic heterocycles. The smallest absolute Gasteiger partial charge is 0.148 e. The van der Waals surface area contributed by atoms with Crippen molar-refractivity contribution in [2.75, 3.05) is 33.8 Å². The minimum atomic E-state index is 0.636. The van der Waals surface area contributed by atoms with Crippen LogP contribution in [0, 0.1) is 0 Å². The van der Waals surface area contributed by atoms with E-state index in [1.807, 2.05) is 37.3 Å². The first-order valence-corrected chi connectivity index (χ1v) is 7.37. The van der Waals surface area contributed by atoms with Gasteiger partial charge in [0.05, 0.1) is 34.1 Å². The average molecular weight is 330 g/mol. The molecule has 0 heterocycles. The quantitative estimate of drug-likeness (QED) is 0.643. The molecule has 0 unspecified atom stereocenters. The van der Waals surface area contributed by atoms with E-state index in [4.69, 9.17) is 18.9 Å². The van der Waals surface area contributed by atoms with Crippen LogP contribution in [0.25, 0.3) is 0 Å². The molecule has 0 spiro atoms. The Balaban J connectivity index is 2.26. The summed E-state index contributed by atoms with van der Waals surface area (Å²) in [5, 5.41) is 3.22. The molecule has 0 aromatic heterocycles. The summed E-state index contributed by atoms with van der Waals surface area (Å²) in [7, 11) is 6.44. The van der Waals surface area contributed by atoms with Crippen molar-refractivity contribution in [3.05, 3.63) is 36.4 Å². The monoisotopic (exact) mass is 330 g/mol. The summed E-state index contributed by atoms with van der Waals surface area (Å²) in [4.78, 5) is 4.56. The van der Waals surface area contributed by atoms with E-state index in [0.29, 0.717) is 28.8 Å². The molecule has 0 atom stereocenters. The summed E-state index contributed by atoms with van der Waals surface area (Å²) in [5.41, 5.74) is 1.50. The molecule has 0 amide bonds. The molecule has 6 heteroatoms. The molecule has 6 nitrogen and oxygen atoms in total. The standard InChI is InChI=1S/C18H22N2O4/c1-12(19-15-8-6-13(21-2)10-17(15)23-4)20-16-9-7-14(22-3)11-18(16)24-5/h6-11H,1-5H3,(H,19,20). The second-order valence-electron chi connectivity index (χ2n) is 4.93. The Bertz CT molecular complexity index is 729. The maximum atomic E-state index is 5.38. The summed E-state index contributed by atoms with van der Waals surface area (Å²) >= 11 is 0. The summed E-state index contributed by atoms with van der Waals surface area (Å²) in [6.45, 7) is 1.87. The Labute approximate surface area is 142 Å². The Kier molecular flexibility index (Phi) is 5.89. The van der Waals surface area contributed by atoms with Crippen LogP contribution < -0.4 is 24.3 Å². The molecule has 128 valence electrons. The highest BCUT2D eigenvalue weighted by atomic mass is 16.5. The van der Waals surface area contributed by atoms with Gasteiger partial charge in [0, 0.05) is 12.1 Å². The van der Waals surface area contributed by atoms with Gasteiger partial charge in [0.25, 0.3) is 0 Å². The first-order valence-electron chi connectivity index (χ1n) is 7.37. The molecule has 2 aromatic rings. The molecule has 2 aromatic carbocycles. The predicted octanol–water partition coefficient (Wildman–Crippen LogP) is 3.88. The Morgan fingerprint density at radius 1 is 0.792 bits per heavy atom. The molecule has 0 fully saturated rings. The van der Waals surface area contributed by atoms with E-state index in [1.54, 1.807) is 34.5 Å². The van der Waals surface area contributed by atoms with Crippen molar-refractivity contribution in [3.63, 3.8) is 0 Å². The number of nitrogens with one attached hydrogen (secondary N) is 1. The van der Waals surface area contributed by atoms with E-state index in [2.05, 4.69) is 10.3 Å². The largest absolute Gasteiger partial charge is 0.497 e. The molecular weight excluding hydrogens is 308 g/mol. The second-order valence-corrected chi connectivity index (χ2v) is 4.93. The predicted molar refractivity (Wildman–Crippen MR) is 95.5 cm³/mol.